The van der Waals surface area contributed by atoms with E-state index in [1.165, 1.54) is 17.8 Å². The molecule has 3 heterocycles. The molecule has 0 amide bonds. The number of ether oxygens (including phenoxy) is 1. The van der Waals surface area contributed by atoms with Gasteiger partial charge in [0.05, 0.1) is 46.5 Å². The number of benzene rings is 2. The number of piperidine rings is 1. The molecule has 0 spiro atoms. The summed E-state index contributed by atoms with van der Waals surface area (Å²) in [6.45, 7) is 2.91. The molecule has 9 nitrogen and oxygen atoms in total. The zero-order valence-electron chi connectivity index (χ0n) is 24.1. The van der Waals surface area contributed by atoms with Crippen LogP contribution in [0, 0.1) is 33.9 Å². The molecule has 0 radical (unpaired) electrons. The lowest BCUT2D eigenvalue weighted by Gasteiger charge is -2.32. The fourth-order valence-corrected chi connectivity index (χ4v) is 6.50. The number of carboxylic acid groups (broad SMARTS) is 1. The van der Waals surface area contributed by atoms with Gasteiger partial charge in [-0.15, -0.1) is 11.8 Å². The van der Waals surface area contributed by atoms with E-state index in [1.54, 1.807) is 30.3 Å². The maximum atomic E-state index is 14.3. The summed E-state index contributed by atoms with van der Waals surface area (Å²) >= 11 is 1.33. The molecule has 6 rings (SSSR count). The van der Waals surface area contributed by atoms with E-state index in [0.717, 1.165) is 61.3 Å². The highest BCUT2D eigenvalue weighted by Gasteiger charge is 2.43. The van der Waals surface area contributed by atoms with Gasteiger partial charge in [0, 0.05) is 48.2 Å². The van der Waals surface area contributed by atoms with E-state index in [1.807, 2.05) is 24.3 Å². The van der Waals surface area contributed by atoms with Crippen molar-refractivity contribution in [3.8, 4) is 18.0 Å². The lowest BCUT2D eigenvalue weighted by atomic mass is 10.0. The summed E-state index contributed by atoms with van der Waals surface area (Å²) < 4.78 is 22.6. The van der Waals surface area contributed by atoms with Crippen LogP contribution in [0.5, 0.6) is 5.88 Å². The van der Waals surface area contributed by atoms with Crippen molar-refractivity contribution in [3.05, 3.63) is 83.1 Å². The first-order valence-corrected chi connectivity index (χ1v) is 15.6. The van der Waals surface area contributed by atoms with Gasteiger partial charge in [0.2, 0.25) is 5.88 Å². The van der Waals surface area contributed by atoms with Crippen LogP contribution in [0.15, 0.2) is 59.5 Å². The number of fused-ring (bicyclic) bond motifs is 1. The third-order valence-corrected chi connectivity index (χ3v) is 9.47. The molecule has 4 aromatic rings. The molecule has 2 aromatic carbocycles. The molecule has 0 atom stereocenters. The summed E-state index contributed by atoms with van der Waals surface area (Å²) in [5.41, 5.74) is 2.81. The molecule has 2 aliphatic rings. The van der Waals surface area contributed by atoms with E-state index < -0.39 is 11.8 Å². The van der Waals surface area contributed by atoms with Crippen LogP contribution in [0.3, 0.4) is 0 Å². The van der Waals surface area contributed by atoms with Gasteiger partial charge in [-0.25, -0.2) is 19.2 Å². The van der Waals surface area contributed by atoms with Crippen molar-refractivity contribution >= 4 is 28.8 Å². The minimum atomic E-state index is -0.972. The van der Waals surface area contributed by atoms with Gasteiger partial charge in [-0.05, 0) is 68.1 Å². The Morgan fingerprint density at radius 1 is 1.11 bits per heavy atom. The van der Waals surface area contributed by atoms with Gasteiger partial charge in [-0.2, -0.15) is 10.5 Å². The van der Waals surface area contributed by atoms with Gasteiger partial charge >= 0.3 is 5.97 Å². The molecule has 0 bridgehead atoms. The van der Waals surface area contributed by atoms with E-state index in [-0.39, 0.29) is 17.1 Å². The Morgan fingerprint density at radius 3 is 2.64 bits per heavy atom. The Bertz CT molecular complexity index is 1780. The van der Waals surface area contributed by atoms with Crippen molar-refractivity contribution in [2.75, 3.05) is 13.1 Å². The zero-order chi connectivity index (χ0) is 30.7. The third-order valence-electron chi connectivity index (χ3n) is 8.38. The fraction of sp³-hybridized carbons (Fsp3) is 0.364. The molecule has 2 fully saturated rings. The topological polar surface area (TPSA) is 128 Å². The van der Waals surface area contributed by atoms with Gasteiger partial charge in [0.25, 0.3) is 0 Å². The van der Waals surface area contributed by atoms with Gasteiger partial charge in [-0.3, -0.25) is 4.90 Å². The molecular formula is C33H31FN6O3S. The van der Waals surface area contributed by atoms with Crippen LogP contribution in [-0.4, -0.2) is 49.7 Å². The first-order valence-electron chi connectivity index (χ1n) is 14.6. The molecule has 1 N–H and O–H groups in total. The Balaban J connectivity index is 1.08. The summed E-state index contributed by atoms with van der Waals surface area (Å²) in [5, 5.41) is 27.9. The van der Waals surface area contributed by atoms with E-state index in [4.69, 9.17) is 15.0 Å². The Morgan fingerprint density at radius 2 is 1.93 bits per heavy atom. The van der Waals surface area contributed by atoms with Gasteiger partial charge in [-0.1, -0.05) is 6.07 Å². The number of carbonyl (C=O) groups is 1. The number of rotatable bonds is 11. The van der Waals surface area contributed by atoms with Crippen LogP contribution in [0.1, 0.15) is 59.5 Å². The molecule has 2 aromatic heterocycles. The molecule has 1 saturated carbocycles. The monoisotopic (exact) mass is 610 g/mol. The molecule has 224 valence electrons. The number of nitrogens with zero attached hydrogens (tertiary/aromatic N) is 6. The average molecular weight is 611 g/mol. The van der Waals surface area contributed by atoms with Crippen molar-refractivity contribution in [2.45, 2.75) is 61.9 Å². The van der Waals surface area contributed by atoms with Crippen molar-refractivity contribution < 1.29 is 19.0 Å². The highest BCUT2D eigenvalue weighted by Crippen LogP contribution is 2.50. The fourth-order valence-electron chi connectivity index (χ4n) is 5.67. The van der Waals surface area contributed by atoms with Gasteiger partial charge in [0.1, 0.15) is 17.7 Å². The lowest BCUT2D eigenvalue weighted by Crippen LogP contribution is -2.38. The molecule has 44 heavy (non-hydrogen) atoms. The Hall–Kier alpha value is -4.45. The van der Waals surface area contributed by atoms with Crippen molar-refractivity contribution in [1.29, 1.82) is 10.5 Å². The number of hydrogen-bond donors (Lipinski definition) is 1. The van der Waals surface area contributed by atoms with Crippen LogP contribution in [0.2, 0.25) is 0 Å². The number of nitriles is 2. The molecule has 1 aliphatic heterocycles. The van der Waals surface area contributed by atoms with E-state index in [2.05, 4.69) is 20.5 Å². The van der Waals surface area contributed by atoms with Crippen LogP contribution in [-0.2, 0) is 18.8 Å². The summed E-state index contributed by atoms with van der Waals surface area (Å²) in [5.74, 6) is 0.522. The second-order valence-corrected chi connectivity index (χ2v) is 12.6. The number of aromatic nitrogens is 3. The van der Waals surface area contributed by atoms with E-state index >= 15 is 0 Å². The number of aromatic carboxylic acids is 1. The molecule has 1 aliphatic carbocycles. The second-order valence-electron chi connectivity index (χ2n) is 11.6. The van der Waals surface area contributed by atoms with Gasteiger partial charge < -0.3 is 14.4 Å². The Kier molecular flexibility index (Phi) is 8.51. The predicted octanol–water partition coefficient (Wildman–Crippen LogP) is 6.17. The highest BCUT2D eigenvalue weighted by atomic mass is 32.2. The number of hydrogen-bond acceptors (Lipinski definition) is 8. The third kappa shape index (κ3) is 6.70. The maximum Gasteiger partial charge on any atom is 0.335 e. The first kappa shape index (κ1) is 29.6. The zero-order valence-corrected chi connectivity index (χ0v) is 24.9. The number of imidazole rings is 1. The Labute approximate surface area is 258 Å². The molecule has 0 unspecified atom stereocenters. The number of halogens is 1. The summed E-state index contributed by atoms with van der Waals surface area (Å²) in [7, 11) is 0. The smallest absolute Gasteiger partial charge is 0.335 e. The largest absolute Gasteiger partial charge is 0.478 e. The molecule has 1 saturated heterocycles. The van der Waals surface area contributed by atoms with Crippen LogP contribution >= 0.6 is 11.8 Å². The normalized spacial score (nSPS) is 16.3. The average Bonchev–Trinajstić information content (AvgIpc) is 3.71. The molecular weight excluding hydrogens is 579 g/mol. The minimum Gasteiger partial charge on any atom is -0.478 e. The predicted molar refractivity (Wildman–Crippen MR) is 162 cm³/mol. The number of pyridine rings is 1. The standard InChI is InChI=1S/C33H31FN6O3S/c34-26-16-22(18-36)4-7-29(26)44-20-24-2-1-3-31(37-24)43-25-8-14-39(15-9-25)19-30-38-27-6-5-23(32(41)42)17-28(27)40(30)21-33(10-11-33)12-13-35/h1-7,16-17,25H,8-12,14-15,19-21H2,(H,41,42). The van der Waals surface area contributed by atoms with Crippen LogP contribution in [0.25, 0.3) is 11.0 Å². The van der Waals surface area contributed by atoms with Crippen molar-refractivity contribution in [3.63, 3.8) is 0 Å². The number of carboxylic acids is 1. The van der Waals surface area contributed by atoms with E-state index in [9.17, 15) is 19.6 Å². The maximum absolute atomic E-state index is 14.3. The quantitative estimate of drug-likeness (QED) is 0.198. The van der Waals surface area contributed by atoms with Crippen LogP contribution < -0.4 is 4.74 Å². The summed E-state index contributed by atoms with van der Waals surface area (Å²) in [6, 6.07) is 19.4. The van der Waals surface area contributed by atoms with E-state index in [0.29, 0.717) is 41.6 Å². The second kappa shape index (κ2) is 12.7. The summed E-state index contributed by atoms with van der Waals surface area (Å²) in [6.07, 6.45) is 4.11. The van der Waals surface area contributed by atoms with Crippen molar-refractivity contribution in [2.24, 2.45) is 5.41 Å². The lowest BCUT2D eigenvalue weighted by molar-refractivity contribution is 0.0697. The highest BCUT2D eigenvalue weighted by molar-refractivity contribution is 7.98. The minimum absolute atomic E-state index is 0.0138. The molecule has 11 heteroatoms. The number of likely N-dealkylation sites (tertiary alicyclic amines) is 1. The van der Waals surface area contributed by atoms with Crippen LogP contribution in [0.4, 0.5) is 4.39 Å². The number of thioether (sulfide) groups is 1. The first-order chi connectivity index (χ1) is 21.3. The van der Waals surface area contributed by atoms with Crippen molar-refractivity contribution in [1.82, 2.24) is 19.4 Å². The SMILES string of the molecule is N#CCC1(Cn2c(CN3CCC(Oc4cccc(CSc5ccc(C#N)cc5F)n4)CC3)nc3ccc(C(=O)O)cc32)CC1. The van der Waals surface area contributed by atoms with Gasteiger partial charge in [0.15, 0.2) is 0 Å². The summed E-state index contributed by atoms with van der Waals surface area (Å²) in [4.78, 5) is 24.0.